The van der Waals surface area contributed by atoms with E-state index in [4.69, 9.17) is 11.5 Å². The van der Waals surface area contributed by atoms with Crippen molar-refractivity contribution in [3.05, 3.63) is 47.9 Å². The summed E-state index contributed by atoms with van der Waals surface area (Å²) in [7, 11) is 0. The third-order valence-corrected chi connectivity index (χ3v) is 3.31. The normalized spacial score (nSPS) is 10.2. The molecule has 0 saturated carbocycles. The van der Waals surface area contributed by atoms with Crippen LogP contribution >= 0.6 is 11.8 Å². The van der Waals surface area contributed by atoms with Crippen LogP contribution in [0.5, 0.6) is 0 Å². The Morgan fingerprint density at radius 3 is 2.78 bits per heavy atom. The predicted octanol–water partition coefficient (Wildman–Crippen LogP) is 1.45. The summed E-state index contributed by atoms with van der Waals surface area (Å²) in [6.07, 6.45) is 4.96. The first-order chi connectivity index (χ1) is 8.66. The van der Waals surface area contributed by atoms with Crippen LogP contribution in [0.3, 0.4) is 0 Å². The molecule has 0 saturated heterocycles. The number of thioether (sulfide) groups is 1. The number of nitrogens with two attached hydrogens (primary N) is 2. The summed E-state index contributed by atoms with van der Waals surface area (Å²) in [4.78, 5) is 19.1. The average molecular weight is 260 g/mol. The Morgan fingerprint density at radius 2 is 2.17 bits per heavy atom. The molecule has 18 heavy (non-hydrogen) atoms. The molecule has 1 heterocycles. The van der Waals surface area contributed by atoms with Crippen molar-refractivity contribution >= 4 is 23.4 Å². The number of rotatable bonds is 4. The molecule has 5 nitrogen and oxygen atoms in total. The molecule has 0 radical (unpaired) electrons. The van der Waals surface area contributed by atoms with E-state index in [1.54, 1.807) is 36.8 Å². The maximum absolute atomic E-state index is 11.0. The second-order valence-corrected chi connectivity index (χ2v) is 4.61. The molecular formula is C12H12N4OS. The van der Waals surface area contributed by atoms with Gasteiger partial charge in [0, 0.05) is 29.4 Å². The summed E-state index contributed by atoms with van der Waals surface area (Å²) in [5, 5.41) is 0.830. The van der Waals surface area contributed by atoms with Gasteiger partial charge in [-0.15, -0.1) is 11.8 Å². The van der Waals surface area contributed by atoms with Crippen LogP contribution in [0.15, 0.2) is 41.8 Å². The lowest BCUT2D eigenvalue weighted by Gasteiger charge is -2.06. The highest BCUT2D eigenvalue weighted by molar-refractivity contribution is 7.98. The van der Waals surface area contributed by atoms with Crippen LogP contribution in [0.25, 0.3) is 0 Å². The van der Waals surface area contributed by atoms with Crippen LogP contribution < -0.4 is 11.5 Å². The van der Waals surface area contributed by atoms with Gasteiger partial charge in [-0.25, -0.2) is 4.98 Å². The Labute approximate surface area is 109 Å². The summed E-state index contributed by atoms with van der Waals surface area (Å²) in [6, 6.07) is 5.07. The lowest BCUT2D eigenvalue weighted by Crippen LogP contribution is -2.11. The number of aromatic nitrogens is 2. The van der Waals surface area contributed by atoms with Gasteiger partial charge in [-0.2, -0.15) is 0 Å². The van der Waals surface area contributed by atoms with Gasteiger partial charge in [-0.3, -0.25) is 9.78 Å². The Balaban J connectivity index is 2.08. The topological polar surface area (TPSA) is 94.9 Å². The lowest BCUT2D eigenvalue weighted by molar-refractivity contribution is 0.100. The van der Waals surface area contributed by atoms with Gasteiger partial charge in [0.15, 0.2) is 0 Å². The molecule has 2 aromatic rings. The molecule has 0 unspecified atom stereocenters. The van der Waals surface area contributed by atoms with E-state index < -0.39 is 5.91 Å². The van der Waals surface area contributed by atoms with E-state index in [0.717, 1.165) is 10.6 Å². The van der Waals surface area contributed by atoms with Gasteiger partial charge in [0.25, 0.3) is 0 Å². The molecule has 0 spiro atoms. The number of nitrogen functional groups attached to an aromatic ring is 1. The monoisotopic (exact) mass is 260 g/mol. The molecule has 4 N–H and O–H groups in total. The third kappa shape index (κ3) is 2.98. The number of hydrogen-bond donors (Lipinski definition) is 2. The van der Waals surface area contributed by atoms with Gasteiger partial charge in [0.1, 0.15) is 5.03 Å². The predicted molar refractivity (Wildman–Crippen MR) is 71.0 cm³/mol. The number of carbonyl (C=O) groups is 1. The van der Waals surface area contributed by atoms with E-state index >= 15 is 0 Å². The van der Waals surface area contributed by atoms with Crippen molar-refractivity contribution in [3.63, 3.8) is 0 Å². The molecule has 0 aliphatic rings. The molecule has 0 bridgehead atoms. The second kappa shape index (κ2) is 5.50. The first-order valence-electron chi connectivity index (χ1n) is 5.24. The van der Waals surface area contributed by atoms with Crippen LogP contribution in [0, 0.1) is 0 Å². The van der Waals surface area contributed by atoms with Gasteiger partial charge in [0.05, 0.1) is 6.20 Å². The molecule has 2 rings (SSSR count). The maximum Gasteiger partial charge on any atom is 0.248 e. The minimum Gasteiger partial charge on any atom is -0.398 e. The fourth-order valence-corrected chi connectivity index (χ4v) is 2.23. The van der Waals surface area contributed by atoms with Crippen molar-refractivity contribution in [2.45, 2.75) is 10.8 Å². The smallest absolute Gasteiger partial charge is 0.248 e. The van der Waals surface area contributed by atoms with Crippen molar-refractivity contribution < 1.29 is 4.79 Å². The SMILES string of the molecule is NC(=O)c1ccc(CSc2cnccn2)c(N)c1. The van der Waals surface area contributed by atoms with Crippen LogP contribution in [-0.2, 0) is 5.75 Å². The molecule has 0 atom stereocenters. The van der Waals surface area contributed by atoms with E-state index in [2.05, 4.69) is 9.97 Å². The summed E-state index contributed by atoms with van der Waals surface area (Å²) in [5.74, 6) is 0.193. The van der Waals surface area contributed by atoms with E-state index in [0.29, 0.717) is 17.0 Å². The van der Waals surface area contributed by atoms with Crippen molar-refractivity contribution in [1.82, 2.24) is 9.97 Å². The highest BCUT2D eigenvalue weighted by Gasteiger charge is 2.05. The fraction of sp³-hybridized carbons (Fsp3) is 0.0833. The highest BCUT2D eigenvalue weighted by Crippen LogP contribution is 2.24. The lowest BCUT2D eigenvalue weighted by atomic mass is 10.1. The average Bonchev–Trinajstić information content (AvgIpc) is 2.38. The summed E-state index contributed by atoms with van der Waals surface area (Å²) in [5.41, 5.74) is 13.0. The van der Waals surface area contributed by atoms with Crippen LogP contribution in [0.2, 0.25) is 0 Å². The van der Waals surface area contributed by atoms with Gasteiger partial charge >= 0.3 is 0 Å². The first-order valence-corrected chi connectivity index (χ1v) is 6.22. The second-order valence-electron chi connectivity index (χ2n) is 3.61. The largest absolute Gasteiger partial charge is 0.398 e. The molecule has 1 aromatic heterocycles. The Kier molecular flexibility index (Phi) is 3.78. The van der Waals surface area contributed by atoms with Crippen molar-refractivity contribution in [2.24, 2.45) is 5.73 Å². The first kappa shape index (κ1) is 12.4. The minimum absolute atomic E-state index is 0.417. The van der Waals surface area contributed by atoms with Crippen molar-refractivity contribution in [2.75, 3.05) is 5.73 Å². The van der Waals surface area contributed by atoms with Crippen molar-refractivity contribution in [3.8, 4) is 0 Å². The summed E-state index contributed by atoms with van der Waals surface area (Å²) in [6.45, 7) is 0. The van der Waals surface area contributed by atoms with E-state index in [-0.39, 0.29) is 0 Å². The maximum atomic E-state index is 11.0. The zero-order chi connectivity index (χ0) is 13.0. The summed E-state index contributed by atoms with van der Waals surface area (Å²) < 4.78 is 0. The number of hydrogen-bond acceptors (Lipinski definition) is 5. The zero-order valence-corrected chi connectivity index (χ0v) is 10.4. The van der Waals surface area contributed by atoms with Crippen molar-refractivity contribution in [1.29, 1.82) is 0 Å². The molecule has 92 valence electrons. The quantitative estimate of drug-likeness (QED) is 0.641. The van der Waals surface area contributed by atoms with Crippen LogP contribution in [0.1, 0.15) is 15.9 Å². The minimum atomic E-state index is -0.477. The molecule has 0 fully saturated rings. The standard InChI is InChI=1S/C12H12N4OS/c13-10-5-8(12(14)17)1-2-9(10)7-18-11-6-15-3-4-16-11/h1-6H,7,13H2,(H2,14,17). The van der Waals surface area contributed by atoms with E-state index in [1.165, 1.54) is 11.8 Å². The fourth-order valence-electron chi connectivity index (χ4n) is 1.39. The van der Waals surface area contributed by atoms with Crippen LogP contribution in [-0.4, -0.2) is 15.9 Å². The molecule has 6 heteroatoms. The molecule has 1 aromatic carbocycles. The number of amides is 1. The van der Waals surface area contributed by atoms with E-state index in [1.807, 2.05) is 0 Å². The number of benzene rings is 1. The number of carbonyl (C=O) groups excluding carboxylic acids is 1. The van der Waals surface area contributed by atoms with Crippen LogP contribution in [0.4, 0.5) is 5.69 Å². The van der Waals surface area contributed by atoms with Gasteiger partial charge < -0.3 is 11.5 Å². The molecular weight excluding hydrogens is 248 g/mol. The Hall–Kier alpha value is -2.08. The summed E-state index contributed by atoms with van der Waals surface area (Å²) >= 11 is 1.53. The number of anilines is 1. The zero-order valence-electron chi connectivity index (χ0n) is 9.54. The Bertz CT molecular complexity index is 559. The molecule has 1 amide bonds. The molecule has 0 aliphatic carbocycles. The van der Waals surface area contributed by atoms with Gasteiger partial charge in [-0.1, -0.05) is 6.07 Å². The number of primary amides is 1. The Morgan fingerprint density at radius 1 is 1.33 bits per heavy atom. The molecule has 0 aliphatic heterocycles. The number of nitrogens with zero attached hydrogens (tertiary/aromatic N) is 2. The van der Waals surface area contributed by atoms with Gasteiger partial charge in [-0.05, 0) is 17.7 Å². The third-order valence-electron chi connectivity index (χ3n) is 2.35. The van der Waals surface area contributed by atoms with Gasteiger partial charge in [0.2, 0.25) is 5.91 Å². The van der Waals surface area contributed by atoms with E-state index in [9.17, 15) is 4.79 Å². The highest BCUT2D eigenvalue weighted by atomic mass is 32.2.